The molecule has 1 amide bonds. The van der Waals surface area contributed by atoms with Crippen molar-refractivity contribution in [1.29, 1.82) is 0 Å². The van der Waals surface area contributed by atoms with Gasteiger partial charge in [-0.2, -0.15) is 10.2 Å². The number of benzene rings is 1. The van der Waals surface area contributed by atoms with Crippen LogP contribution in [0.25, 0.3) is 22.6 Å². The largest absolute Gasteiger partial charge is 0.370 e. The monoisotopic (exact) mass is 419 g/mol. The number of aromatic amines is 1. The van der Waals surface area contributed by atoms with Gasteiger partial charge in [-0.15, -0.1) is 0 Å². The number of nitrogens with zero attached hydrogens (tertiary/aromatic N) is 3. The highest BCUT2D eigenvalue weighted by Crippen LogP contribution is 2.39. The first kappa shape index (κ1) is 21.3. The quantitative estimate of drug-likeness (QED) is 0.616. The topological polar surface area (TPSA) is 89.6 Å². The fraction of sp³-hybridized carbons (Fsp3) is 0.480. The smallest absolute Gasteiger partial charge is 0.217 e. The zero-order valence-corrected chi connectivity index (χ0v) is 19.3. The van der Waals surface area contributed by atoms with Crippen LogP contribution in [0.3, 0.4) is 0 Å². The lowest BCUT2D eigenvalue weighted by molar-refractivity contribution is -0.117. The maximum absolute atomic E-state index is 11.2. The van der Waals surface area contributed by atoms with Crippen LogP contribution < -0.4 is 5.73 Å². The van der Waals surface area contributed by atoms with Crippen LogP contribution in [0.4, 0.5) is 0 Å². The van der Waals surface area contributed by atoms with Gasteiger partial charge in [0.1, 0.15) is 5.69 Å². The second-order valence-electron chi connectivity index (χ2n) is 9.65. The molecule has 1 aromatic carbocycles. The lowest BCUT2D eigenvalue weighted by Crippen LogP contribution is -2.24. The average Bonchev–Trinajstić information content (AvgIpc) is 3.30. The van der Waals surface area contributed by atoms with Crippen molar-refractivity contribution in [2.24, 2.45) is 11.1 Å². The summed E-state index contributed by atoms with van der Waals surface area (Å²) >= 11 is 0. The Morgan fingerprint density at radius 3 is 2.58 bits per heavy atom. The Hall–Kier alpha value is -2.89. The first-order valence-electron chi connectivity index (χ1n) is 11.2. The van der Waals surface area contributed by atoms with Crippen LogP contribution in [0, 0.1) is 19.3 Å². The first-order valence-corrected chi connectivity index (χ1v) is 11.2. The Morgan fingerprint density at radius 1 is 1.23 bits per heavy atom. The molecule has 0 bridgehead atoms. The standard InChI is InChI=1S/C25H33N5O/c1-6-30-22-14-25(4,5)10-9-19(22)24(29-30)21-13-20(27-28-21)17-11-15(2)18(16(3)12-17)7-8-23(26)31/h11-13H,6-10,14H2,1-5H3,(H2,26,31)(H,27,28). The van der Waals surface area contributed by atoms with Gasteiger partial charge in [0.05, 0.1) is 11.4 Å². The molecular formula is C25H33N5O. The summed E-state index contributed by atoms with van der Waals surface area (Å²) in [6, 6.07) is 6.40. The molecule has 6 heteroatoms. The molecule has 1 aliphatic rings. The molecule has 3 aromatic rings. The van der Waals surface area contributed by atoms with E-state index in [0.717, 1.165) is 53.2 Å². The van der Waals surface area contributed by atoms with E-state index in [1.807, 2.05) is 0 Å². The number of hydrogen-bond donors (Lipinski definition) is 2. The maximum atomic E-state index is 11.2. The number of amides is 1. The molecule has 2 heterocycles. The zero-order valence-electron chi connectivity index (χ0n) is 19.3. The van der Waals surface area contributed by atoms with Crippen LogP contribution in [0.5, 0.6) is 0 Å². The molecule has 1 aliphatic carbocycles. The van der Waals surface area contributed by atoms with Crippen molar-refractivity contribution in [2.45, 2.75) is 73.3 Å². The predicted octanol–water partition coefficient (Wildman–Crippen LogP) is 4.51. The fourth-order valence-electron chi connectivity index (χ4n) is 4.85. The average molecular weight is 420 g/mol. The molecule has 2 aromatic heterocycles. The summed E-state index contributed by atoms with van der Waals surface area (Å²) in [7, 11) is 0. The summed E-state index contributed by atoms with van der Waals surface area (Å²) in [4.78, 5) is 11.2. The minimum Gasteiger partial charge on any atom is -0.370 e. The molecule has 0 saturated carbocycles. The van der Waals surface area contributed by atoms with Crippen LogP contribution in [0.1, 0.15) is 61.6 Å². The zero-order chi connectivity index (χ0) is 22.3. The van der Waals surface area contributed by atoms with Crippen LogP contribution in [-0.2, 0) is 30.6 Å². The summed E-state index contributed by atoms with van der Waals surface area (Å²) in [6.45, 7) is 11.9. The van der Waals surface area contributed by atoms with E-state index in [1.165, 1.54) is 23.2 Å². The van der Waals surface area contributed by atoms with Crippen LogP contribution >= 0.6 is 0 Å². The van der Waals surface area contributed by atoms with E-state index >= 15 is 0 Å². The van der Waals surface area contributed by atoms with Gasteiger partial charge >= 0.3 is 0 Å². The lowest BCUT2D eigenvalue weighted by Gasteiger charge is -2.30. The van der Waals surface area contributed by atoms with E-state index in [-0.39, 0.29) is 5.91 Å². The predicted molar refractivity (Wildman–Crippen MR) is 124 cm³/mol. The van der Waals surface area contributed by atoms with Gasteiger partial charge in [0.15, 0.2) is 0 Å². The summed E-state index contributed by atoms with van der Waals surface area (Å²) in [5.41, 5.74) is 15.9. The first-order chi connectivity index (χ1) is 14.7. The molecule has 4 rings (SSSR count). The molecule has 0 atom stereocenters. The van der Waals surface area contributed by atoms with Crippen LogP contribution in [-0.4, -0.2) is 25.9 Å². The number of aryl methyl sites for hydroxylation is 3. The van der Waals surface area contributed by atoms with Gasteiger partial charge < -0.3 is 5.73 Å². The molecular weight excluding hydrogens is 386 g/mol. The molecule has 0 aliphatic heterocycles. The van der Waals surface area contributed by atoms with Gasteiger partial charge in [-0.3, -0.25) is 14.6 Å². The number of nitrogens with two attached hydrogens (primary N) is 1. The Bertz CT molecular complexity index is 1110. The number of carbonyl (C=O) groups excluding carboxylic acids is 1. The number of carbonyl (C=O) groups is 1. The Kier molecular flexibility index (Phi) is 5.50. The molecule has 3 N–H and O–H groups in total. The molecule has 0 unspecified atom stereocenters. The van der Waals surface area contributed by atoms with Gasteiger partial charge in [-0.1, -0.05) is 13.8 Å². The normalized spacial score (nSPS) is 15.1. The SMILES string of the molecule is CCn1nc(-c2cc(-c3cc(C)c(CCC(N)=O)c(C)c3)n[nH]2)c2c1CC(C)(C)CC2. The van der Waals surface area contributed by atoms with E-state index < -0.39 is 0 Å². The second kappa shape index (κ2) is 7.98. The van der Waals surface area contributed by atoms with E-state index in [2.05, 4.69) is 67.7 Å². The van der Waals surface area contributed by atoms with Crippen molar-refractivity contribution in [1.82, 2.24) is 20.0 Å². The second-order valence-corrected chi connectivity index (χ2v) is 9.65. The van der Waals surface area contributed by atoms with E-state index in [0.29, 0.717) is 18.3 Å². The number of rotatable bonds is 6. The molecule has 6 nitrogen and oxygen atoms in total. The maximum Gasteiger partial charge on any atom is 0.217 e. The number of H-pyrrole nitrogens is 1. The van der Waals surface area contributed by atoms with E-state index in [1.54, 1.807) is 0 Å². The molecule has 0 saturated heterocycles. The Labute approximate surface area is 184 Å². The van der Waals surface area contributed by atoms with E-state index in [9.17, 15) is 4.79 Å². The number of primary amides is 1. The minimum atomic E-state index is -0.266. The van der Waals surface area contributed by atoms with Gasteiger partial charge in [-0.25, -0.2) is 0 Å². The summed E-state index contributed by atoms with van der Waals surface area (Å²) in [5, 5.41) is 12.8. The Morgan fingerprint density at radius 2 is 1.94 bits per heavy atom. The van der Waals surface area contributed by atoms with Gasteiger partial charge in [-0.05, 0) is 86.8 Å². The molecule has 164 valence electrons. The summed E-state index contributed by atoms with van der Waals surface area (Å²) in [6.07, 6.45) is 4.34. The van der Waals surface area contributed by atoms with Crippen LogP contribution in [0.15, 0.2) is 18.2 Å². The van der Waals surface area contributed by atoms with Gasteiger partial charge in [0.25, 0.3) is 0 Å². The van der Waals surface area contributed by atoms with Crippen molar-refractivity contribution < 1.29 is 4.79 Å². The van der Waals surface area contributed by atoms with E-state index in [4.69, 9.17) is 10.8 Å². The summed E-state index contributed by atoms with van der Waals surface area (Å²) in [5.74, 6) is -0.266. The number of aromatic nitrogens is 4. The van der Waals surface area contributed by atoms with Gasteiger partial charge in [0.2, 0.25) is 5.91 Å². The number of hydrogen-bond acceptors (Lipinski definition) is 3. The van der Waals surface area contributed by atoms with Crippen molar-refractivity contribution in [3.05, 3.63) is 46.1 Å². The molecule has 0 radical (unpaired) electrons. The molecule has 0 spiro atoms. The third kappa shape index (κ3) is 4.16. The highest BCUT2D eigenvalue weighted by molar-refractivity contribution is 5.74. The Balaban J connectivity index is 1.67. The van der Waals surface area contributed by atoms with Gasteiger partial charge in [0, 0.05) is 29.8 Å². The molecule has 0 fully saturated rings. The third-order valence-electron chi connectivity index (χ3n) is 6.61. The van der Waals surface area contributed by atoms with Crippen molar-refractivity contribution >= 4 is 5.91 Å². The molecule has 31 heavy (non-hydrogen) atoms. The highest BCUT2D eigenvalue weighted by Gasteiger charge is 2.31. The third-order valence-corrected chi connectivity index (χ3v) is 6.61. The van der Waals surface area contributed by atoms with Crippen LogP contribution in [0.2, 0.25) is 0 Å². The van der Waals surface area contributed by atoms with Crippen molar-refractivity contribution in [3.63, 3.8) is 0 Å². The fourth-order valence-corrected chi connectivity index (χ4v) is 4.85. The van der Waals surface area contributed by atoms with Crippen molar-refractivity contribution in [2.75, 3.05) is 0 Å². The summed E-state index contributed by atoms with van der Waals surface area (Å²) < 4.78 is 2.16. The minimum absolute atomic E-state index is 0.266. The number of fused-ring (bicyclic) bond motifs is 1. The van der Waals surface area contributed by atoms with Crippen molar-refractivity contribution in [3.8, 4) is 22.6 Å². The highest BCUT2D eigenvalue weighted by atomic mass is 16.1. The lowest BCUT2D eigenvalue weighted by atomic mass is 9.76. The number of nitrogens with one attached hydrogen (secondary N) is 1.